The largest absolute Gasteiger partial charge is 0.497 e. The van der Waals surface area contributed by atoms with E-state index in [1.165, 1.54) is 0 Å². The quantitative estimate of drug-likeness (QED) is 0.699. The second kappa shape index (κ2) is 8.92. The zero-order chi connectivity index (χ0) is 19.3. The van der Waals surface area contributed by atoms with Gasteiger partial charge in [0.15, 0.2) is 13.1 Å². The van der Waals surface area contributed by atoms with Gasteiger partial charge in [-0.3, -0.25) is 0 Å². The van der Waals surface area contributed by atoms with E-state index in [0.29, 0.717) is 6.61 Å². The highest BCUT2D eigenvalue weighted by Gasteiger charge is 2.38. The van der Waals surface area contributed by atoms with E-state index in [9.17, 15) is 0 Å². The molecule has 0 aromatic heterocycles. The molecule has 0 saturated carbocycles. The molecule has 2 aromatic carbocycles. The number of rotatable bonds is 6. The highest BCUT2D eigenvalue weighted by molar-refractivity contribution is 5.29. The lowest BCUT2D eigenvalue weighted by Gasteiger charge is -2.42. The summed E-state index contributed by atoms with van der Waals surface area (Å²) in [7, 11) is 3.26. The lowest BCUT2D eigenvalue weighted by atomic mass is 9.95. The Morgan fingerprint density at radius 2 is 1.54 bits per heavy atom. The summed E-state index contributed by atoms with van der Waals surface area (Å²) in [6, 6.07) is 15.8. The SMILES string of the molecule is COCOc1ccc([C@H]2CC[C@@H]3OC(c4ccc(OC)cc4)OC[C@H]3O2)cc1. The summed E-state index contributed by atoms with van der Waals surface area (Å²) in [5, 5.41) is 0. The van der Waals surface area contributed by atoms with Crippen molar-refractivity contribution < 1.29 is 28.4 Å². The van der Waals surface area contributed by atoms with Gasteiger partial charge in [0.1, 0.15) is 17.6 Å². The third kappa shape index (κ3) is 4.31. The topological polar surface area (TPSA) is 55.4 Å². The van der Waals surface area contributed by atoms with Crippen LogP contribution in [0.4, 0.5) is 0 Å². The van der Waals surface area contributed by atoms with Crippen LogP contribution in [0.5, 0.6) is 11.5 Å². The van der Waals surface area contributed by atoms with Gasteiger partial charge in [0.05, 0.1) is 25.9 Å². The Hall–Kier alpha value is -2.12. The predicted molar refractivity (Wildman–Crippen MR) is 102 cm³/mol. The molecule has 4 atom stereocenters. The summed E-state index contributed by atoms with van der Waals surface area (Å²) in [4.78, 5) is 0. The van der Waals surface area contributed by atoms with Crippen LogP contribution in [-0.4, -0.2) is 39.8 Å². The lowest BCUT2D eigenvalue weighted by molar-refractivity contribution is -0.289. The van der Waals surface area contributed by atoms with Gasteiger partial charge < -0.3 is 28.4 Å². The van der Waals surface area contributed by atoms with E-state index in [1.54, 1.807) is 14.2 Å². The van der Waals surface area contributed by atoms with E-state index in [0.717, 1.165) is 35.5 Å². The highest BCUT2D eigenvalue weighted by atomic mass is 16.7. The lowest BCUT2D eigenvalue weighted by Crippen LogP contribution is -2.45. The summed E-state index contributed by atoms with van der Waals surface area (Å²) < 4.78 is 34.0. The molecular formula is C22H26O6. The average Bonchev–Trinajstić information content (AvgIpc) is 2.77. The van der Waals surface area contributed by atoms with Crippen molar-refractivity contribution in [3.63, 3.8) is 0 Å². The maximum absolute atomic E-state index is 6.28. The molecule has 2 heterocycles. The molecule has 4 rings (SSSR count). The molecule has 2 aromatic rings. The molecule has 0 aliphatic carbocycles. The smallest absolute Gasteiger partial charge is 0.188 e. The molecule has 6 heteroatoms. The molecule has 2 saturated heterocycles. The fraction of sp³-hybridized carbons (Fsp3) is 0.455. The van der Waals surface area contributed by atoms with E-state index in [-0.39, 0.29) is 31.4 Å². The van der Waals surface area contributed by atoms with E-state index < -0.39 is 0 Å². The molecule has 0 N–H and O–H groups in total. The Morgan fingerprint density at radius 3 is 2.25 bits per heavy atom. The third-order valence-corrected chi connectivity index (χ3v) is 5.16. The van der Waals surface area contributed by atoms with E-state index in [2.05, 4.69) is 0 Å². The molecule has 0 bridgehead atoms. The van der Waals surface area contributed by atoms with Crippen molar-refractivity contribution >= 4 is 0 Å². The first-order chi connectivity index (χ1) is 13.8. The Kier molecular flexibility index (Phi) is 6.12. The Labute approximate surface area is 165 Å². The van der Waals surface area contributed by atoms with Gasteiger partial charge in [-0.1, -0.05) is 24.3 Å². The van der Waals surface area contributed by atoms with Crippen molar-refractivity contribution in [2.75, 3.05) is 27.6 Å². The van der Waals surface area contributed by atoms with Gasteiger partial charge >= 0.3 is 0 Å². The minimum atomic E-state index is -0.357. The number of fused-ring (bicyclic) bond motifs is 1. The second-order valence-electron chi connectivity index (χ2n) is 6.97. The van der Waals surface area contributed by atoms with Crippen molar-refractivity contribution in [2.45, 2.75) is 37.4 Å². The van der Waals surface area contributed by atoms with Crippen molar-refractivity contribution in [2.24, 2.45) is 0 Å². The van der Waals surface area contributed by atoms with Gasteiger partial charge in [-0.05, 0) is 42.7 Å². The van der Waals surface area contributed by atoms with Gasteiger partial charge in [-0.2, -0.15) is 0 Å². The zero-order valence-corrected chi connectivity index (χ0v) is 16.2. The van der Waals surface area contributed by atoms with Gasteiger partial charge in [0.2, 0.25) is 0 Å². The molecule has 0 spiro atoms. The first-order valence-corrected chi connectivity index (χ1v) is 9.55. The maximum Gasteiger partial charge on any atom is 0.188 e. The molecular weight excluding hydrogens is 360 g/mol. The highest BCUT2D eigenvalue weighted by Crippen LogP contribution is 2.38. The summed E-state index contributed by atoms with van der Waals surface area (Å²) in [6.45, 7) is 0.764. The van der Waals surface area contributed by atoms with Crippen LogP contribution in [-0.2, 0) is 18.9 Å². The Bertz CT molecular complexity index is 745. The van der Waals surface area contributed by atoms with Crippen LogP contribution in [0.15, 0.2) is 48.5 Å². The molecule has 6 nitrogen and oxygen atoms in total. The zero-order valence-electron chi connectivity index (χ0n) is 16.2. The first-order valence-electron chi connectivity index (χ1n) is 9.55. The third-order valence-electron chi connectivity index (χ3n) is 5.16. The summed E-state index contributed by atoms with van der Waals surface area (Å²) >= 11 is 0. The normalized spacial score (nSPS) is 27.1. The molecule has 2 aliphatic heterocycles. The fourth-order valence-electron chi connectivity index (χ4n) is 3.64. The average molecular weight is 386 g/mol. The maximum atomic E-state index is 6.28. The minimum Gasteiger partial charge on any atom is -0.497 e. The van der Waals surface area contributed by atoms with Gasteiger partial charge in [-0.15, -0.1) is 0 Å². The fourth-order valence-corrected chi connectivity index (χ4v) is 3.64. The molecule has 0 amide bonds. The Balaban J connectivity index is 1.34. The van der Waals surface area contributed by atoms with Crippen molar-refractivity contribution in [1.29, 1.82) is 0 Å². The van der Waals surface area contributed by atoms with Crippen LogP contribution in [0.25, 0.3) is 0 Å². The number of ether oxygens (including phenoxy) is 6. The number of benzene rings is 2. The van der Waals surface area contributed by atoms with Crippen molar-refractivity contribution in [3.8, 4) is 11.5 Å². The van der Waals surface area contributed by atoms with Crippen LogP contribution >= 0.6 is 0 Å². The molecule has 0 radical (unpaired) electrons. The Morgan fingerprint density at radius 1 is 0.821 bits per heavy atom. The van der Waals surface area contributed by atoms with Crippen LogP contribution in [0.2, 0.25) is 0 Å². The van der Waals surface area contributed by atoms with Crippen molar-refractivity contribution in [1.82, 2.24) is 0 Å². The minimum absolute atomic E-state index is 0.0430. The standard InChI is InChI=1S/C22H26O6/c1-23-14-26-18-9-3-15(4-10-18)19-11-12-20-21(27-19)13-25-22(28-20)16-5-7-17(24-2)8-6-16/h3-10,19-22H,11-14H2,1-2H3/t19-,20+,21-,22?/m1/s1. The molecule has 1 unspecified atom stereocenters. The molecule has 2 fully saturated rings. The summed E-state index contributed by atoms with van der Waals surface area (Å²) in [5.41, 5.74) is 2.13. The van der Waals surface area contributed by atoms with E-state index in [4.69, 9.17) is 28.4 Å². The monoisotopic (exact) mass is 386 g/mol. The van der Waals surface area contributed by atoms with Crippen LogP contribution in [0.3, 0.4) is 0 Å². The van der Waals surface area contributed by atoms with E-state index in [1.807, 2.05) is 48.5 Å². The van der Waals surface area contributed by atoms with Gasteiger partial charge in [0.25, 0.3) is 0 Å². The number of hydrogen-bond donors (Lipinski definition) is 0. The molecule has 2 aliphatic rings. The first kappa shape index (κ1) is 19.2. The van der Waals surface area contributed by atoms with Crippen LogP contribution in [0, 0.1) is 0 Å². The number of hydrogen-bond acceptors (Lipinski definition) is 6. The molecule has 150 valence electrons. The van der Waals surface area contributed by atoms with Crippen molar-refractivity contribution in [3.05, 3.63) is 59.7 Å². The van der Waals surface area contributed by atoms with Gasteiger partial charge in [-0.25, -0.2) is 0 Å². The van der Waals surface area contributed by atoms with E-state index >= 15 is 0 Å². The summed E-state index contributed by atoms with van der Waals surface area (Å²) in [6.07, 6.45) is 1.52. The van der Waals surface area contributed by atoms with Crippen LogP contribution in [0.1, 0.15) is 36.4 Å². The second-order valence-corrected chi connectivity index (χ2v) is 6.97. The summed E-state index contributed by atoms with van der Waals surface area (Å²) in [5.74, 6) is 1.60. The van der Waals surface area contributed by atoms with Crippen LogP contribution < -0.4 is 9.47 Å². The van der Waals surface area contributed by atoms with Gasteiger partial charge in [0, 0.05) is 12.7 Å². The predicted octanol–water partition coefficient (Wildman–Crippen LogP) is 4.01. The molecule has 28 heavy (non-hydrogen) atoms. The number of methoxy groups -OCH3 is 2.